The Labute approximate surface area is 168 Å². The van der Waals surface area contributed by atoms with E-state index in [4.69, 9.17) is 22.7 Å². The Hall–Kier alpha value is -2.38. The van der Waals surface area contributed by atoms with E-state index < -0.39 is 11.6 Å². The van der Waals surface area contributed by atoms with Crippen LogP contribution in [0.4, 0.5) is 8.78 Å². The van der Waals surface area contributed by atoms with E-state index in [9.17, 15) is 8.78 Å². The number of rotatable bonds is 3. The fourth-order valence-electron chi connectivity index (χ4n) is 2.30. The first-order chi connectivity index (χ1) is 12.9. The lowest BCUT2D eigenvalue weighted by molar-refractivity contribution is 0.581. The van der Waals surface area contributed by atoms with Crippen molar-refractivity contribution < 1.29 is 8.78 Å². The summed E-state index contributed by atoms with van der Waals surface area (Å²) in [7, 11) is 0. The fraction of sp³-hybridized carbons (Fsp3) is 0.105. The molecule has 0 saturated heterocycles. The number of pyridine rings is 2. The van der Waals surface area contributed by atoms with Crippen LogP contribution < -0.4 is 5.73 Å². The highest BCUT2D eigenvalue weighted by Gasteiger charge is 2.15. The molecule has 0 saturated carbocycles. The zero-order chi connectivity index (χ0) is 20.1. The molecule has 140 valence electrons. The molecule has 0 amide bonds. The van der Waals surface area contributed by atoms with Gasteiger partial charge < -0.3 is 11.1 Å². The molecule has 0 aliphatic heterocycles. The molecule has 1 aromatic carbocycles. The zero-order valence-corrected chi connectivity index (χ0v) is 16.9. The lowest BCUT2D eigenvalue weighted by Crippen LogP contribution is -2.06. The first-order valence-electron chi connectivity index (χ1n) is 7.98. The topological polar surface area (TPSA) is 75.7 Å². The predicted octanol–water partition coefficient (Wildman–Crippen LogP) is 5.83. The van der Waals surface area contributed by atoms with Crippen molar-refractivity contribution in [1.29, 1.82) is 5.41 Å². The molecule has 0 bridgehead atoms. The van der Waals surface area contributed by atoms with Gasteiger partial charge in [0.05, 0.1) is 27.4 Å². The van der Waals surface area contributed by atoms with Crippen LogP contribution in [0.1, 0.15) is 25.1 Å². The average Bonchev–Trinajstić information content (AvgIpc) is 2.66. The van der Waals surface area contributed by atoms with Gasteiger partial charge in [0.2, 0.25) is 0 Å². The Kier molecular flexibility index (Phi) is 6.98. The Bertz CT molecular complexity index is 1040. The largest absolute Gasteiger partial charge is 0.398 e. The normalized spacial score (nSPS) is 11.5. The molecule has 3 aromatic rings. The number of hydrogen-bond acceptors (Lipinski definition) is 4. The number of nitrogens with two attached hydrogens (primary N) is 1. The van der Waals surface area contributed by atoms with Crippen LogP contribution in [0.25, 0.3) is 22.3 Å². The molecule has 0 radical (unpaired) electrons. The number of nitrogens with zero attached hydrogens (tertiary/aromatic N) is 2. The Morgan fingerprint density at radius 2 is 1.85 bits per heavy atom. The summed E-state index contributed by atoms with van der Waals surface area (Å²) in [4.78, 5) is 8.62. The summed E-state index contributed by atoms with van der Waals surface area (Å²) in [6, 6.07) is 6.85. The van der Waals surface area contributed by atoms with Crippen LogP contribution in [-0.4, -0.2) is 16.2 Å². The minimum Gasteiger partial charge on any atom is -0.398 e. The minimum atomic E-state index is -0.883. The molecular weight excluding hydrogens is 438 g/mol. The number of benzene rings is 1. The summed E-state index contributed by atoms with van der Waals surface area (Å²) in [5.74, 6) is -1.75. The average molecular weight is 454 g/mol. The van der Waals surface area contributed by atoms with Crippen molar-refractivity contribution in [3.63, 3.8) is 0 Å². The molecule has 0 spiro atoms. The lowest BCUT2D eigenvalue weighted by atomic mass is 10.0. The monoisotopic (exact) mass is 452 g/mol. The van der Waals surface area contributed by atoms with E-state index in [1.165, 1.54) is 0 Å². The number of fused-ring (bicyclic) bond motifs is 1. The Morgan fingerprint density at radius 1 is 1.15 bits per heavy atom. The number of nitrogens with one attached hydrogen (secondary N) is 1. The van der Waals surface area contributed by atoms with Crippen LogP contribution in [-0.2, 0) is 0 Å². The summed E-state index contributed by atoms with van der Waals surface area (Å²) >= 11 is 9.03. The quantitative estimate of drug-likeness (QED) is 0.387. The van der Waals surface area contributed by atoms with Gasteiger partial charge in [-0.25, -0.2) is 13.8 Å². The number of hydrogen-bond donors (Lipinski definition) is 2. The third kappa shape index (κ3) is 4.48. The highest BCUT2D eigenvalue weighted by molar-refractivity contribution is 9.10. The molecule has 2 aromatic heterocycles. The first kappa shape index (κ1) is 20.9. The number of halogens is 4. The van der Waals surface area contributed by atoms with Gasteiger partial charge in [-0.1, -0.05) is 25.4 Å². The Balaban J connectivity index is 0.00000126. The number of allylic oxidation sites excluding steroid dienone is 1. The number of aromatic nitrogens is 2. The maximum atomic E-state index is 14.1. The molecule has 3 rings (SSSR count). The van der Waals surface area contributed by atoms with E-state index in [0.717, 1.165) is 16.8 Å². The molecule has 3 N–H and O–H groups in total. The van der Waals surface area contributed by atoms with Crippen molar-refractivity contribution >= 4 is 56.0 Å². The van der Waals surface area contributed by atoms with Crippen molar-refractivity contribution in [2.45, 2.75) is 13.8 Å². The van der Waals surface area contributed by atoms with E-state index in [0.29, 0.717) is 22.8 Å². The van der Waals surface area contributed by atoms with Gasteiger partial charge in [0.25, 0.3) is 0 Å². The maximum absolute atomic E-state index is 14.1. The second-order valence-electron chi connectivity index (χ2n) is 5.11. The summed E-state index contributed by atoms with van der Waals surface area (Å²) in [5, 5.41) is 7.38. The van der Waals surface area contributed by atoms with Crippen LogP contribution in [0.2, 0.25) is 5.02 Å². The van der Waals surface area contributed by atoms with E-state index in [1.54, 1.807) is 24.4 Å². The molecule has 0 aliphatic rings. The predicted molar refractivity (Wildman–Crippen MR) is 110 cm³/mol. The molecule has 0 fully saturated rings. The van der Waals surface area contributed by atoms with Crippen LogP contribution in [0.5, 0.6) is 0 Å². The van der Waals surface area contributed by atoms with Gasteiger partial charge in [-0.2, -0.15) is 0 Å². The lowest BCUT2D eigenvalue weighted by Gasteiger charge is -2.10. The van der Waals surface area contributed by atoms with Gasteiger partial charge >= 0.3 is 0 Å². The highest BCUT2D eigenvalue weighted by atomic mass is 79.9. The van der Waals surface area contributed by atoms with Crippen LogP contribution in [0, 0.1) is 17.0 Å². The third-order valence-corrected chi connectivity index (χ3v) is 4.24. The third-order valence-electron chi connectivity index (χ3n) is 3.51. The highest BCUT2D eigenvalue weighted by Crippen LogP contribution is 2.27. The minimum absolute atomic E-state index is 0.0656. The standard InChI is InChI=1S/C17H10BrClF2N4.C2H6/c18-8-3-16-15(24-7-8)2-1-14(25-16)10(6-22)17(23)9-4-11(19)13(21)5-12(9)20;1-2/h1-7,22H,23H2;1-2H3/b17-10+,22-6?;. The molecule has 4 nitrogen and oxygen atoms in total. The summed E-state index contributed by atoms with van der Waals surface area (Å²) < 4.78 is 28.2. The summed E-state index contributed by atoms with van der Waals surface area (Å²) in [5.41, 5.74) is 7.64. The van der Waals surface area contributed by atoms with Crippen molar-refractivity contribution in [3.8, 4) is 0 Å². The van der Waals surface area contributed by atoms with Crippen molar-refractivity contribution in [2.24, 2.45) is 5.73 Å². The maximum Gasteiger partial charge on any atom is 0.144 e. The van der Waals surface area contributed by atoms with Gasteiger partial charge in [-0.05, 0) is 40.2 Å². The van der Waals surface area contributed by atoms with Crippen molar-refractivity contribution in [2.75, 3.05) is 0 Å². The fourth-order valence-corrected chi connectivity index (χ4v) is 2.78. The molecule has 27 heavy (non-hydrogen) atoms. The molecule has 0 atom stereocenters. The van der Waals surface area contributed by atoms with Crippen LogP contribution >= 0.6 is 27.5 Å². The van der Waals surface area contributed by atoms with Gasteiger partial charge in [0.1, 0.15) is 11.6 Å². The van der Waals surface area contributed by atoms with Crippen molar-refractivity contribution in [1.82, 2.24) is 9.97 Å². The molecule has 0 aliphatic carbocycles. The molecule has 8 heteroatoms. The van der Waals surface area contributed by atoms with Crippen LogP contribution in [0.3, 0.4) is 0 Å². The van der Waals surface area contributed by atoms with E-state index in [2.05, 4.69) is 25.9 Å². The molecule has 0 unspecified atom stereocenters. The van der Waals surface area contributed by atoms with Gasteiger partial charge in [-0.3, -0.25) is 4.98 Å². The first-order valence-corrected chi connectivity index (χ1v) is 9.15. The van der Waals surface area contributed by atoms with E-state index in [-0.39, 0.29) is 21.9 Å². The van der Waals surface area contributed by atoms with E-state index in [1.807, 2.05) is 13.8 Å². The smallest absolute Gasteiger partial charge is 0.144 e. The van der Waals surface area contributed by atoms with Gasteiger partial charge in [0, 0.05) is 34.1 Å². The SMILES string of the molecule is CC.N=C/C(=C(\N)c1cc(Cl)c(F)cc1F)c1ccc2ncc(Br)cc2n1. The zero-order valence-electron chi connectivity index (χ0n) is 14.5. The second kappa shape index (κ2) is 9.01. The molecule has 2 heterocycles. The second-order valence-corrected chi connectivity index (χ2v) is 6.43. The summed E-state index contributed by atoms with van der Waals surface area (Å²) in [6.07, 6.45) is 2.60. The van der Waals surface area contributed by atoms with E-state index >= 15 is 0 Å². The van der Waals surface area contributed by atoms with Crippen LogP contribution in [0.15, 0.2) is 41.0 Å². The molecular formula is C19H16BrClF2N4. The van der Waals surface area contributed by atoms with Gasteiger partial charge in [-0.15, -0.1) is 0 Å². The van der Waals surface area contributed by atoms with Crippen molar-refractivity contribution in [3.05, 3.63) is 68.9 Å². The van der Waals surface area contributed by atoms with Gasteiger partial charge in [0.15, 0.2) is 0 Å². The summed E-state index contributed by atoms with van der Waals surface area (Å²) in [6.45, 7) is 4.00. The Morgan fingerprint density at radius 3 is 2.52 bits per heavy atom.